The van der Waals surface area contributed by atoms with Gasteiger partial charge in [0.15, 0.2) is 0 Å². The van der Waals surface area contributed by atoms with Crippen molar-refractivity contribution >= 4 is 34.6 Å². The van der Waals surface area contributed by atoms with Crippen molar-refractivity contribution in [3.05, 3.63) is 65.3 Å². The predicted molar refractivity (Wildman–Crippen MR) is 110 cm³/mol. The molecule has 1 aliphatic heterocycles. The second kappa shape index (κ2) is 9.11. The van der Waals surface area contributed by atoms with Crippen molar-refractivity contribution in [3.8, 4) is 6.07 Å². The smallest absolute Gasteiger partial charge is 0.267 e. The Kier molecular flexibility index (Phi) is 6.35. The van der Waals surface area contributed by atoms with Crippen molar-refractivity contribution in [2.45, 2.75) is 19.3 Å². The molecule has 1 heterocycles. The van der Waals surface area contributed by atoms with Crippen LogP contribution in [0.1, 0.15) is 19.3 Å². The van der Waals surface area contributed by atoms with E-state index in [-0.39, 0.29) is 5.57 Å². The summed E-state index contributed by atoms with van der Waals surface area (Å²) in [6, 6.07) is 16.7. The SMILES string of the molecule is N#C/C(=C/Nc1ccc(N2CCCCC2)cc1)C(=O)Nc1ccc(Cl)cc1. The molecule has 1 amide bonds. The number of benzene rings is 2. The number of nitrogens with zero attached hydrogens (tertiary/aromatic N) is 2. The standard InChI is InChI=1S/C21H21ClN4O/c22-17-4-6-19(7-5-17)25-21(27)16(14-23)15-24-18-8-10-20(11-9-18)26-12-2-1-3-13-26/h4-11,15,24H,1-3,12-13H2,(H,25,27)/b16-15-. The molecule has 0 unspecified atom stereocenters. The first-order valence-electron chi connectivity index (χ1n) is 8.94. The monoisotopic (exact) mass is 380 g/mol. The lowest BCUT2D eigenvalue weighted by Crippen LogP contribution is -2.29. The van der Waals surface area contributed by atoms with E-state index < -0.39 is 5.91 Å². The highest BCUT2D eigenvalue weighted by Gasteiger charge is 2.11. The van der Waals surface area contributed by atoms with Crippen LogP contribution in [-0.4, -0.2) is 19.0 Å². The Hall–Kier alpha value is -2.97. The van der Waals surface area contributed by atoms with Gasteiger partial charge in [0.25, 0.3) is 5.91 Å². The first kappa shape index (κ1) is 18.8. The van der Waals surface area contributed by atoms with E-state index in [0.29, 0.717) is 10.7 Å². The fourth-order valence-electron chi connectivity index (χ4n) is 2.96. The second-order valence-electron chi connectivity index (χ2n) is 6.37. The number of hydrogen-bond donors (Lipinski definition) is 2. The molecule has 0 radical (unpaired) electrons. The maximum Gasteiger partial charge on any atom is 0.267 e. The van der Waals surface area contributed by atoms with Gasteiger partial charge in [-0.3, -0.25) is 4.79 Å². The number of amides is 1. The summed E-state index contributed by atoms with van der Waals surface area (Å²) in [7, 11) is 0. The van der Waals surface area contributed by atoms with Gasteiger partial charge in [0, 0.05) is 41.4 Å². The number of nitrogens with one attached hydrogen (secondary N) is 2. The van der Waals surface area contributed by atoms with E-state index >= 15 is 0 Å². The highest BCUT2D eigenvalue weighted by molar-refractivity contribution is 6.30. The quantitative estimate of drug-likeness (QED) is 0.578. The highest BCUT2D eigenvalue weighted by Crippen LogP contribution is 2.22. The minimum absolute atomic E-state index is 0.00921. The van der Waals surface area contributed by atoms with Gasteiger partial charge in [0.1, 0.15) is 11.6 Å². The third-order valence-corrected chi connectivity index (χ3v) is 4.69. The maximum absolute atomic E-state index is 12.2. The van der Waals surface area contributed by atoms with Gasteiger partial charge in [-0.2, -0.15) is 5.26 Å². The van der Waals surface area contributed by atoms with Crippen LogP contribution in [0, 0.1) is 11.3 Å². The average molecular weight is 381 g/mol. The van der Waals surface area contributed by atoms with Gasteiger partial charge in [0.05, 0.1) is 0 Å². The third kappa shape index (κ3) is 5.25. The number of rotatable bonds is 5. The lowest BCUT2D eigenvalue weighted by atomic mass is 10.1. The molecule has 0 spiro atoms. The number of anilines is 3. The van der Waals surface area contributed by atoms with Gasteiger partial charge < -0.3 is 15.5 Å². The van der Waals surface area contributed by atoms with E-state index in [1.165, 1.54) is 31.1 Å². The van der Waals surface area contributed by atoms with E-state index in [0.717, 1.165) is 18.8 Å². The van der Waals surface area contributed by atoms with E-state index in [4.69, 9.17) is 11.6 Å². The van der Waals surface area contributed by atoms with Crippen LogP contribution >= 0.6 is 11.6 Å². The zero-order valence-electron chi connectivity index (χ0n) is 14.9. The van der Waals surface area contributed by atoms with Gasteiger partial charge in [-0.05, 0) is 67.8 Å². The minimum Gasteiger partial charge on any atom is -0.372 e. The van der Waals surface area contributed by atoms with Crippen molar-refractivity contribution in [2.24, 2.45) is 0 Å². The fraction of sp³-hybridized carbons (Fsp3) is 0.238. The largest absolute Gasteiger partial charge is 0.372 e. The van der Waals surface area contributed by atoms with Crippen molar-refractivity contribution < 1.29 is 4.79 Å². The van der Waals surface area contributed by atoms with Crippen LogP contribution in [0.25, 0.3) is 0 Å². The molecule has 6 heteroatoms. The van der Waals surface area contributed by atoms with Crippen molar-refractivity contribution in [1.82, 2.24) is 0 Å². The highest BCUT2D eigenvalue weighted by atomic mass is 35.5. The summed E-state index contributed by atoms with van der Waals surface area (Å²) in [5.41, 5.74) is 2.59. The molecule has 0 bridgehead atoms. The van der Waals surface area contributed by atoms with Crippen LogP contribution in [0.4, 0.5) is 17.1 Å². The molecule has 1 fully saturated rings. The first-order chi connectivity index (χ1) is 13.2. The Morgan fingerprint density at radius 1 is 1.00 bits per heavy atom. The van der Waals surface area contributed by atoms with Crippen LogP contribution in [-0.2, 0) is 4.79 Å². The van der Waals surface area contributed by atoms with Gasteiger partial charge in [-0.25, -0.2) is 0 Å². The lowest BCUT2D eigenvalue weighted by molar-refractivity contribution is -0.112. The average Bonchev–Trinajstić information content (AvgIpc) is 2.71. The van der Waals surface area contributed by atoms with E-state index in [1.54, 1.807) is 24.3 Å². The van der Waals surface area contributed by atoms with Crippen LogP contribution in [0.5, 0.6) is 0 Å². The number of nitriles is 1. The maximum atomic E-state index is 12.2. The molecule has 0 saturated carbocycles. The first-order valence-corrected chi connectivity index (χ1v) is 9.32. The molecule has 0 aliphatic carbocycles. The molecule has 2 aromatic rings. The Balaban J connectivity index is 1.61. The van der Waals surface area contributed by atoms with E-state index in [9.17, 15) is 10.1 Å². The molecule has 27 heavy (non-hydrogen) atoms. The molecule has 0 aromatic heterocycles. The molecule has 138 valence electrons. The Morgan fingerprint density at radius 2 is 1.63 bits per heavy atom. The molecular weight excluding hydrogens is 360 g/mol. The van der Waals surface area contributed by atoms with Crippen LogP contribution in [0.3, 0.4) is 0 Å². The summed E-state index contributed by atoms with van der Waals surface area (Å²) in [4.78, 5) is 14.6. The zero-order chi connectivity index (χ0) is 19.1. The molecule has 0 atom stereocenters. The number of carbonyl (C=O) groups excluding carboxylic acids is 1. The number of halogens is 1. The molecule has 1 saturated heterocycles. The Bertz CT molecular complexity index is 847. The van der Waals surface area contributed by atoms with Crippen LogP contribution in [0.2, 0.25) is 5.02 Å². The summed E-state index contributed by atoms with van der Waals surface area (Å²) < 4.78 is 0. The summed E-state index contributed by atoms with van der Waals surface area (Å²) >= 11 is 5.83. The summed E-state index contributed by atoms with van der Waals surface area (Å²) in [5, 5.41) is 15.5. The van der Waals surface area contributed by atoms with Crippen LogP contribution in [0.15, 0.2) is 60.3 Å². The van der Waals surface area contributed by atoms with Gasteiger partial charge in [0.2, 0.25) is 0 Å². The fourth-order valence-corrected chi connectivity index (χ4v) is 3.08. The molecule has 2 N–H and O–H groups in total. The molecular formula is C21H21ClN4O. The van der Waals surface area contributed by atoms with E-state index in [1.807, 2.05) is 18.2 Å². The molecule has 1 aliphatic rings. The second-order valence-corrected chi connectivity index (χ2v) is 6.81. The molecule has 2 aromatic carbocycles. The van der Waals surface area contributed by atoms with Crippen molar-refractivity contribution in [3.63, 3.8) is 0 Å². The normalized spacial score (nSPS) is 14.4. The molecule has 3 rings (SSSR count). The van der Waals surface area contributed by atoms with Crippen LogP contribution < -0.4 is 15.5 Å². The minimum atomic E-state index is -0.475. The zero-order valence-corrected chi connectivity index (χ0v) is 15.7. The van der Waals surface area contributed by atoms with Gasteiger partial charge in [-0.1, -0.05) is 11.6 Å². The van der Waals surface area contributed by atoms with Crippen molar-refractivity contribution in [1.29, 1.82) is 5.26 Å². The Labute approximate surface area is 164 Å². The summed E-state index contributed by atoms with van der Waals surface area (Å²) in [6.07, 6.45) is 5.19. The number of piperidine rings is 1. The predicted octanol–water partition coefficient (Wildman–Crippen LogP) is 4.79. The number of hydrogen-bond acceptors (Lipinski definition) is 4. The summed E-state index contributed by atoms with van der Waals surface area (Å²) in [6.45, 7) is 2.19. The summed E-state index contributed by atoms with van der Waals surface area (Å²) in [5.74, 6) is -0.475. The van der Waals surface area contributed by atoms with Gasteiger partial charge >= 0.3 is 0 Å². The van der Waals surface area contributed by atoms with E-state index in [2.05, 4.69) is 27.7 Å². The van der Waals surface area contributed by atoms with Crippen molar-refractivity contribution in [2.75, 3.05) is 28.6 Å². The molecule has 5 nitrogen and oxygen atoms in total. The van der Waals surface area contributed by atoms with Gasteiger partial charge in [-0.15, -0.1) is 0 Å². The lowest BCUT2D eigenvalue weighted by Gasteiger charge is -2.28. The third-order valence-electron chi connectivity index (χ3n) is 4.44. The Morgan fingerprint density at radius 3 is 2.26 bits per heavy atom. The number of carbonyl (C=O) groups is 1. The topological polar surface area (TPSA) is 68.2 Å².